The van der Waals surface area contributed by atoms with Crippen molar-refractivity contribution < 1.29 is 8.78 Å². The number of fused-ring (bicyclic) bond motifs is 1. The number of nitrogens with zero attached hydrogens (tertiary/aromatic N) is 1. The molecule has 76 valence electrons. The smallest absolute Gasteiger partial charge is 0.254 e. The van der Waals surface area contributed by atoms with E-state index in [1.807, 2.05) is 10.8 Å². The summed E-state index contributed by atoms with van der Waals surface area (Å²) in [7, 11) is 0. The summed E-state index contributed by atoms with van der Waals surface area (Å²) < 4.78 is 28.4. The third-order valence-electron chi connectivity index (χ3n) is 3.49. The Labute approximate surface area is 84.9 Å². The minimum atomic E-state index is -2.38. The highest BCUT2D eigenvalue weighted by Crippen LogP contribution is 2.66. The molecule has 1 N–H and O–H groups in total. The molecule has 2 atom stereocenters. The number of H-pyrrole nitrogens is 1. The Kier molecular flexibility index (Phi) is 1.50. The van der Waals surface area contributed by atoms with Crippen LogP contribution < -0.4 is 0 Å². The van der Waals surface area contributed by atoms with Gasteiger partial charge >= 0.3 is 0 Å². The van der Waals surface area contributed by atoms with Gasteiger partial charge in [-0.25, -0.2) is 8.78 Å². The quantitative estimate of drug-likeness (QED) is 0.716. The predicted molar refractivity (Wildman–Crippen MR) is 49.8 cm³/mol. The van der Waals surface area contributed by atoms with Gasteiger partial charge in [-0.15, -0.1) is 0 Å². The molecular weight excluding hydrogens is 206 g/mol. The van der Waals surface area contributed by atoms with Gasteiger partial charge in [-0.3, -0.25) is 0 Å². The lowest BCUT2D eigenvalue weighted by atomic mass is 10.1. The summed E-state index contributed by atoms with van der Waals surface area (Å²) in [5, 5.41) is 0. The highest BCUT2D eigenvalue weighted by molar-refractivity contribution is 7.71. The molecule has 0 spiro atoms. The fourth-order valence-corrected chi connectivity index (χ4v) is 2.91. The molecule has 1 aromatic heterocycles. The van der Waals surface area contributed by atoms with Gasteiger partial charge in [0.25, 0.3) is 5.92 Å². The van der Waals surface area contributed by atoms with Crippen LogP contribution in [0.2, 0.25) is 0 Å². The van der Waals surface area contributed by atoms with E-state index in [9.17, 15) is 8.78 Å². The van der Waals surface area contributed by atoms with Crippen LogP contribution in [0, 0.1) is 16.6 Å². The molecule has 0 amide bonds. The molecule has 2 aliphatic carbocycles. The van der Waals surface area contributed by atoms with Crippen molar-refractivity contribution in [1.82, 2.24) is 9.55 Å². The van der Waals surface area contributed by atoms with Crippen molar-refractivity contribution in [3.8, 4) is 0 Å². The van der Waals surface area contributed by atoms with Gasteiger partial charge in [-0.2, -0.15) is 0 Å². The van der Waals surface area contributed by atoms with E-state index < -0.39 is 5.92 Å². The standard InChI is InChI=1S/C9H10F2N2S/c10-9(11)6-3-5(4-7(6)9)13-2-1-12-8(13)14/h1-2,5-7H,3-4H2,(H,12,14). The van der Waals surface area contributed by atoms with Crippen molar-refractivity contribution in [3.05, 3.63) is 17.2 Å². The Bertz CT molecular complexity index is 408. The molecule has 2 aliphatic rings. The topological polar surface area (TPSA) is 20.7 Å². The van der Waals surface area contributed by atoms with Crippen LogP contribution in [-0.4, -0.2) is 15.5 Å². The number of hydrogen-bond donors (Lipinski definition) is 1. The van der Waals surface area contributed by atoms with Crippen molar-refractivity contribution in [2.24, 2.45) is 11.8 Å². The summed E-state index contributed by atoms with van der Waals surface area (Å²) >= 11 is 5.05. The van der Waals surface area contributed by atoms with Crippen LogP contribution in [0.3, 0.4) is 0 Å². The molecule has 1 heterocycles. The van der Waals surface area contributed by atoms with Gasteiger partial charge in [0.2, 0.25) is 0 Å². The van der Waals surface area contributed by atoms with Crippen LogP contribution in [0.15, 0.2) is 12.4 Å². The average Bonchev–Trinajstić information content (AvgIpc) is 2.61. The molecule has 0 aromatic carbocycles. The third-order valence-corrected chi connectivity index (χ3v) is 3.82. The molecule has 2 saturated carbocycles. The zero-order valence-electron chi connectivity index (χ0n) is 7.41. The van der Waals surface area contributed by atoms with Crippen molar-refractivity contribution >= 4 is 12.2 Å². The summed E-state index contributed by atoms with van der Waals surface area (Å²) in [5.41, 5.74) is 0. The maximum absolute atomic E-state index is 12.9. The van der Waals surface area contributed by atoms with Crippen LogP contribution in [0.1, 0.15) is 18.9 Å². The molecule has 14 heavy (non-hydrogen) atoms. The fraction of sp³-hybridized carbons (Fsp3) is 0.667. The molecule has 0 radical (unpaired) electrons. The number of halogens is 2. The van der Waals surface area contributed by atoms with Crippen LogP contribution in [0.5, 0.6) is 0 Å². The first-order chi connectivity index (χ1) is 6.60. The monoisotopic (exact) mass is 216 g/mol. The summed E-state index contributed by atoms with van der Waals surface area (Å²) in [4.78, 5) is 2.89. The minimum Gasteiger partial charge on any atom is -0.337 e. The maximum Gasteiger partial charge on any atom is 0.254 e. The number of aromatic amines is 1. The number of nitrogens with one attached hydrogen (secondary N) is 1. The lowest BCUT2D eigenvalue weighted by molar-refractivity contribution is 0.0647. The molecular formula is C9H10F2N2S. The lowest BCUT2D eigenvalue weighted by Gasteiger charge is -2.15. The molecule has 2 unspecified atom stereocenters. The number of aromatic nitrogens is 2. The van der Waals surface area contributed by atoms with E-state index in [0.29, 0.717) is 17.6 Å². The van der Waals surface area contributed by atoms with Crippen molar-refractivity contribution in [2.45, 2.75) is 24.8 Å². The van der Waals surface area contributed by atoms with Crippen molar-refractivity contribution in [2.75, 3.05) is 0 Å². The van der Waals surface area contributed by atoms with E-state index in [2.05, 4.69) is 4.98 Å². The number of alkyl halides is 2. The van der Waals surface area contributed by atoms with Gasteiger partial charge in [0.05, 0.1) is 0 Å². The van der Waals surface area contributed by atoms with E-state index in [0.717, 1.165) is 0 Å². The summed E-state index contributed by atoms with van der Waals surface area (Å²) in [5.74, 6) is -3.15. The van der Waals surface area contributed by atoms with Gasteiger partial charge in [0.15, 0.2) is 4.77 Å². The average molecular weight is 216 g/mol. The van der Waals surface area contributed by atoms with Crippen molar-refractivity contribution in [3.63, 3.8) is 0 Å². The van der Waals surface area contributed by atoms with Crippen LogP contribution >= 0.6 is 12.2 Å². The Morgan fingerprint density at radius 3 is 2.57 bits per heavy atom. The van der Waals surface area contributed by atoms with Gasteiger partial charge < -0.3 is 9.55 Å². The molecule has 1 aromatic rings. The van der Waals surface area contributed by atoms with E-state index in [1.54, 1.807) is 6.20 Å². The summed E-state index contributed by atoms with van der Waals surface area (Å²) in [6.07, 6.45) is 4.74. The van der Waals surface area contributed by atoms with Gasteiger partial charge in [-0.05, 0) is 25.1 Å². The second-order valence-electron chi connectivity index (χ2n) is 4.19. The summed E-state index contributed by atoms with van der Waals surface area (Å²) in [6.45, 7) is 0. The van der Waals surface area contributed by atoms with Crippen molar-refractivity contribution in [1.29, 1.82) is 0 Å². The molecule has 2 nitrogen and oxygen atoms in total. The van der Waals surface area contributed by atoms with E-state index >= 15 is 0 Å². The van der Waals surface area contributed by atoms with E-state index in [1.165, 1.54) is 0 Å². The maximum atomic E-state index is 12.9. The molecule has 2 fully saturated rings. The van der Waals surface area contributed by atoms with Crippen LogP contribution in [0.25, 0.3) is 0 Å². The number of rotatable bonds is 1. The normalized spacial score (nSPS) is 38.3. The third kappa shape index (κ3) is 0.960. The largest absolute Gasteiger partial charge is 0.337 e. The first-order valence-corrected chi connectivity index (χ1v) is 5.15. The fourth-order valence-electron chi connectivity index (χ4n) is 2.63. The second-order valence-corrected chi connectivity index (χ2v) is 4.57. The number of hydrogen-bond acceptors (Lipinski definition) is 1. The first-order valence-electron chi connectivity index (χ1n) is 4.74. The zero-order valence-corrected chi connectivity index (χ0v) is 8.23. The van der Waals surface area contributed by atoms with E-state index in [-0.39, 0.29) is 17.9 Å². The molecule has 0 saturated heterocycles. The highest BCUT2D eigenvalue weighted by atomic mass is 32.1. The van der Waals surface area contributed by atoms with Gasteiger partial charge in [0.1, 0.15) is 0 Å². The Morgan fingerprint density at radius 2 is 2.07 bits per heavy atom. The van der Waals surface area contributed by atoms with E-state index in [4.69, 9.17) is 12.2 Å². The van der Waals surface area contributed by atoms with Gasteiger partial charge in [-0.1, -0.05) is 0 Å². The van der Waals surface area contributed by atoms with Gasteiger partial charge in [0, 0.05) is 30.3 Å². The molecule has 0 bridgehead atoms. The highest BCUT2D eigenvalue weighted by Gasteiger charge is 2.71. The first kappa shape index (κ1) is 8.59. The predicted octanol–water partition coefficient (Wildman–Crippen LogP) is 2.76. The van der Waals surface area contributed by atoms with Crippen LogP contribution in [0.4, 0.5) is 8.78 Å². The molecule has 5 heteroatoms. The van der Waals surface area contributed by atoms with Crippen LogP contribution in [-0.2, 0) is 0 Å². The lowest BCUT2D eigenvalue weighted by Crippen LogP contribution is -2.12. The number of imidazole rings is 1. The second kappa shape index (κ2) is 2.45. The zero-order chi connectivity index (χ0) is 9.92. The SMILES string of the molecule is FC1(F)C2CC(n3cc[nH]c3=S)CC21. The Morgan fingerprint density at radius 1 is 1.43 bits per heavy atom. The Balaban J connectivity index is 1.82. The molecule has 3 rings (SSSR count). The minimum absolute atomic E-state index is 0.184. The Hall–Kier alpha value is -0.710. The molecule has 0 aliphatic heterocycles. The summed E-state index contributed by atoms with van der Waals surface area (Å²) in [6, 6.07) is 0.184.